The molecule has 0 aliphatic heterocycles. The molecule has 3 rings (SSSR count). The summed E-state index contributed by atoms with van der Waals surface area (Å²) < 4.78 is 5.75. The molecule has 0 aliphatic rings. The van der Waals surface area contributed by atoms with Crippen LogP contribution in [0, 0.1) is 0 Å². The normalized spacial score (nSPS) is 10.6. The SMILES string of the molecule is CN(Cc1ccc(OCc2cccs2)cc1)c1cn[nH]c(=O)c1Cl. The Balaban J connectivity index is 1.63. The summed E-state index contributed by atoms with van der Waals surface area (Å²) in [5, 5.41) is 8.28. The summed E-state index contributed by atoms with van der Waals surface area (Å²) >= 11 is 7.70. The van der Waals surface area contributed by atoms with Crippen molar-refractivity contribution < 1.29 is 4.74 Å². The second-order valence-electron chi connectivity index (χ2n) is 5.27. The number of nitrogens with zero attached hydrogens (tertiary/aromatic N) is 2. The molecule has 2 heterocycles. The lowest BCUT2D eigenvalue weighted by Gasteiger charge is -2.19. The van der Waals surface area contributed by atoms with Crippen molar-refractivity contribution in [3.8, 4) is 5.75 Å². The molecule has 0 bridgehead atoms. The molecule has 0 atom stereocenters. The predicted octanol–water partition coefficient (Wildman–Crippen LogP) is 3.70. The molecular weight excluding hydrogens is 346 g/mol. The van der Waals surface area contributed by atoms with E-state index in [2.05, 4.69) is 10.2 Å². The highest BCUT2D eigenvalue weighted by atomic mass is 35.5. The minimum Gasteiger partial charge on any atom is -0.488 e. The van der Waals surface area contributed by atoms with Crippen molar-refractivity contribution in [2.24, 2.45) is 0 Å². The summed E-state index contributed by atoms with van der Waals surface area (Å²) in [6.45, 7) is 1.18. The van der Waals surface area contributed by atoms with Crippen LogP contribution in [0.3, 0.4) is 0 Å². The van der Waals surface area contributed by atoms with Crippen LogP contribution in [0.25, 0.3) is 0 Å². The summed E-state index contributed by atoms with van der Waals surface area (Å²) in [5.41, 5.74) is 1.29. The van der Waals surface area contributed by atoms with Gasteiger partial charge in [0.05, 0.1) is 11.9 Å². The Morgan fingerprint density at radius 2 is 2.08 bits per heavy atom. The van der Waals surface area contributed by atoms with E-state index >= 15 is 0 Å². The Morgan fingerprint density at radius 3 is 2.79 bits per heavy atom. The molecule has 124 valence electrons. The van der Waals surface area contributed by atoms with E-state index in [9.17, 15) is 4.79 Å². The lowest BCUT2D eigenvalue weighted by molar-refractivity contribution is 0.310. The van der Waals surface area contributed by atoms with E-state index < -0.39 is 5.56 Å². The predicted molar refractivity (Wildman–Crippen MR) is 97.1 cm³/mol. The number of ether oxygens (including phenoxy) is 1. The number of H-pyrrole nitrogens is 1. The molecule has 1 aromatic carbocycles. The van der Waals surface area contributed by atoms with E-state index in [0.717, 1.165) is 11.3 Å². The van der Waals surface area contributed by atoms with Crippen molar-refractivity contribution in [3.63, 3.8) is 0 Å². The first kappa shape index (κ1) is 16.5. The number of aromatic nitrogens is 2. The third kappa shape index (κ3) is 3.96. The van der Waals surface area contributed by atoms with Crippen molar-refractivity contribution in [1.82, 2.24) is 10.2 Å². The van der Waals surface area contributed by atoms with Gasteiger partial charge in [-0.3, -0.25) is 4.79 Å². The quantitative estimate of drug-likeness (QED) is 0.727. The molecule has 7 heteroatoms. The van der Waals surface area contributed by atoms with Gasteiger partial charge in [0.2, 0.25) is 0 Å². The van der Waals surface area contributed by atoms with Gasteiger partial charge in [-0.2, -0.15) is 5.10 Å². The van der Waals surface area contributed by atoms with Gasteiger partial charge < -0.3 is 9.64 Å². The number of aromatic amines is 1. The van der Waals surface area contributed by atoms with Crippen molar-refractivity contribution in [2.45, 2.75) is 13.2 Å². The highest BCUT2D eigenvalue weighted by Crippen LogP contribution is 2.22. The lowest BCUT2D eigenvalue weighted by Crippen LogP contribution is -2.21. The Morgan fingerprint density at radius 1 is 1.29 bits per heavy atom. The monoisotopic (exact) mass is 361 g/mol. The van der Waals surface area contributed by atoms with Gasteiger partial charge in [0.25, 0.3) is 5.56 Å². The molecule has 0 unspecified atom stereocenters. The Kier molecular flexibility index (Phi) is 5.17. The number of benzene rings is 1. The Bertz CT molecular complexity index is 847. The molecular formula is C17H16ClN3O2S. The minimum absolute atomic E-state index is 0.142. The highest BCUT2D eigenvalue weighted by Gasteiger charge is 2.10. The third-order valence-corrected chi connectivity index (χ3v) is 4.71. The van der Waals surface area contributed by atoms with E-state index in [1.807, 2.05) is 53.7 Å². The standard InChI is InChI=1S/C17H16ClN3O2S/c1-21(15-9-19-20-17(22)16(15)18)10-12-4-6-13(7-5-12)23-11-14-3-2-8-24-14/h2-9H,10-11H2,1H3,(H,20,22). The number of anilines is 1. The zero-order valence-corrected chi connectivity index (χ0v) is 14.6. The average molecular weight is 362 g/mol. The minimum atomic E-state index is -0.390. The molecule has 0 saturated heterocycles. The fourth-order valence-electron chi connectivity index (χ4n) is 2.24. The molecule has 0 saturated carbocycles. The highest BCUT2D eigenvalue weighted by molar-refractivity contribution is 7.09. The molecule has 0 amide bonds. The fraction of sp³-hybridized carbons (Fsp3) is 0.176. The Labute approximate surface area is 148 Å². The van der Waals surface area contributed by atoms with Crippen molar-refractivity contribution in [2.75, 3.05) is 11.9 Å². The number of nitrogens with one attached hydrogen (secondary N) is 1. The second kappa shape index (κ2) is 7.51. The van der Waals surface area contributed by atoms with E-state index in [1.54, 1.807) is 17.5 Å². The lowest BCUT2D eigenvalue weighted by atomic mass is 10.2. The van der Waals surface area contributed by atoms with Crippen LogP contribution < -0.4 is 15.2 Å². The maximum absolute atomic E-state index is 11.5. The van der Waals surface area contributed by atoms with Crippen molar-refractivity contribution in [1.29, 1.82) is 0 Å². The third-order valence-electron chi connectivity index (χ3n) is 3.49. The van der Waals surface area contributed by atoms with Crippen molar-refractivity contribution >= 4 is 28.6 Å². The molecule has 24 heavy (non-hydrogen) atoms. The first-order chi connectivity index (χ1) is 11.6. The molecule has 2 aromatic heterocycles. The van der Waals surface area contributed by atoms with Gasteiger partial charge in [-0.25, -0.2) is 5.10 Å². The first-order valence-corrected chi connectivity index (χ1v) is 8.57. The molecule has 1 N–H and O–H groups in total. The second-order valence-corrected chi connectivity index (χ2v) is 6.68. The number of hydrogen-bond acceptors (Lipinski definition) is 5. The van der Waals surface area contributed by atoms with Gasteiger partial charge in [0, 0.05) is 18.5 Å². The van der Waals surface area contributed by atoms with Gasteiger partial charge in [0.15, 0.2) is 0 Å². The van der Waals surface area contributed by atoms with Crippen LogP contribution in [-0.2, 0) is 13.2 Å². The van der Waals surface area contributed by atoms with Gasteiger partial charge in [-0.15, -0.1) is 11.3 Å². The number of rotatable bonds is 6. The first-order valence-electron chi connectivity index (χ1n) is 7.32. The fourth-order valence-corrected chi connectivity index (χ4v) is 3.09. The molecule has 5 nitrogen and oxygen atoms in total. The molecule has 0 radical (unpaired) electrons. The number of thiophene rings is 1. The zero-order valence-electron chi connectivity index (χ0n) is 13.0. The van der Waals surface area contributed by atoms with E-state index in [-0.39, 0.29) is 5.02 Å². The van der Waals surface area contributed by atoms with E-state index in [4.69, 9.17) is 16.3 Å². The van der Waals surface area contributed by atoms with E-state index in [0.29, 0.717) is 18.8 Å². The molecule has 0 spiro atoms. The molecule has 0 fully saturated rings. The zero-order chi connectivity index (χ0) is 16.9. The van der Waals surface area contributed by atoms with Gasteiger partial charge in [-0.05, 0) is 29.1 Å². The summed E-state index contributed by atoms with van der Waals surface area (Å²) in [5.74, 6) is 0.825. The molecule has 3 aromatic rings. The van der Waals surface area contributed by atoms with Crippen LogP contribution >= 0.6 is 22.9 Å². The Hall–Kier alpha value is -2.31. The van der Waals surface area contributed by atoms with Gasteiger partial charge in [-0.1, -0.05) is 29.8 Å². The topological polar surface area (TPSA) is 58.2 Å². The maximum atomic E-state index is 11.5. The summed E-state index contributed by atoms with van der Waals surface area (Å²) in [6.07, 6.45) is 1.54. The van der Waals surface area contributed by atoms with E-state index in [1.165, 1.54) is 4.88 Å². The van der Waals surface area contributed by atoms with Crippen LogP contribution in [-0.4, -0.2) is 17.2 Å². The summed E-state index contributed by atoms with van der Waals surface area (Å²) in [4.78, 5) is 14.6. The van der Waals surface area contributed by atoms with Crippen LogP contribution in [0.1, 0.15) is 10.4 Å². The number of hydrogen-bond donors (Lipinski definition) is 1. The average Bonchev–Trinajstić information content (AvgIpc) is 3.10. The smallest absolute Gasteiger partial charge is 0.285 e. The summed E-state index contributed by atoms with van der Waals surface area (Å²) in [7, 11) is 1.86. The van der Waals surface area contributed by atoms with Gasteiger partial charge >= 0.3 is 0 Å². The maximum Gasteiger partial charge on any atom is 0.285 e. The molecule has 0 aliphatic carbocycles. The van der Waals surface area contributed by atoms with Crippen LogP contribution in [0.15, 0.2) is 52.8 Å². The van der Waals surface area contributed by atoms with Crippen molar-refractivity contribution in [3.05, 3.63) is 73.8 Å². The largest absolute Gasteiger partial charge is 0.488 e. The van der Waals surface area contributed by atoms with Gasteiger partial charge in [0.1, 0.15) is 17.4 Å². The van der Waals surface area contributed by atoms with Crippen LogP contribution in [0.4, 0.5) is 5.69 Å². The van der Waals surface area contributed by atoms with Crippen LogP contribution in [0.2, 0.25) is 5.02 Å². The van der Waals surface area contributed by atoms with Crippen LogP contribution in [0.5, 0.6) is 5.75 Å². The number of halogens is 1. The summed E-state index contributed by atoms with van der Waals surface area (Å²) in [6, 6.07) is 11.9.